The maximum Gasteiger partial charge on any atom is 0.338 e. The van der Waals surface area contributed by atoms with Crippen LogP contribution in [0.3, 0.4) is 0 Å². The van der Waals surface area contributed by atoms with Gasteiger partial charge in [0.1, 0.15) is 18.8 Å². The molecule has 1 fully saturated rings. The Kier molecular flexibility index (Phi) is 4.53. The van der Waals surface area contributed by atoms with Gasteiger partial charge in [-0.15, -0.1) is 0 Å². The second-order valence-electron chi connectivity index (χ2n) is 6.33. The molecule has 3 rings (SSSR count). The summed E-state index contributed by atoms with van der Waals surface area (Å²) in [4.78, 5) is 23.9. The van der Waals surface area contributed by atoms with Crippen LogP contribution in [0.4, 0.5) is 0 Å². The van der Waals surface area contributed by atoms with E-state index >= 15 is 0 Å². The van der Waals surface area contributed by atoms with Gasteiger partial charge in [-0.05, 0) is 28.5 Å². The van der Waals surface area contributed by atoms with E-state index in [9.17, 15) is 9.59 Å². The summed E-state index contributed by atoms with van der Waals surface area (Å²) in [5.41, 5.74) is 4.03. The number of carbonyl (C=O) groups excluding carboxylic acids is 2. The standard InChI is InChI=1S/C19H22N2O3/c1-14(22)20-21(11-4-7-19(21)23)12-10-16-6-3-5-15-8-9-17(24-2)13-18(15)16/h3,5-6,8-9,13H,4,7,10-12H2,1-2H3/p+1. The third-order valence-corrected chi connectivity index (χ3v) is 4.72. The number of carbonyl (C=O) groups is 2. The molecule has 0 saturated carbocycles. The number of benzene rings is 2. The van der Waals surface area contributed by atoms with Gasteiger partial charge in [-0.1, -0.05) is 24.3 Å². The van der Waals surface area contributed by atoms with E-state index in [1.165, 1.54) is 6.92 Å². The number of rotatable bonds is 5. The number of likely N-dealkylation sites (tertiary alicyclic amines) is 1. The Morgan fingerprint density at radius 3 is 2.79 bits per heavy atom. The highest BCUT2D eigenvalue weighted by Gasteiger charge is 2.42. The van der Waals surface area contributed by atoms with Crippen LogP contribution in [0, 0.1) is 0 Å². The molecule has 1 unspecified atom stereocenters. The predicted octanol–water partition coefficient (Wildman–Crippen LogP) is 2.58. The summed E-state index contributed by atoms with van der Waals surface area (Å²) in [6, 6.07) is 12.2. The first-order chi connectivity index (χ1) is 11.5. The van der Waals surface area contributed by atoms with Gasteiger partial charge in [0, 0.05) is 19.8 Å². The van der Waals surface area contributed by atoms with Crippen LogP contribution in [-0.4, -0.2) is 36.6 Å². The van der Waals surface area contributed by atoms with Gasteiger partial charge in [0.05, 0.1) is 13.5 Å². The average molecular weight is 327 g/mol. The number of hydrogen-bond acceptors (Lipinski definition) is 3. The molecule has 1 atom stereocenters. The fourth-order valence-corrected chi connectivity index (χ4v) is 3.52. The van der Waals surface area contributed by atoms with Gasteiger partial charge in [0.25, 0.3) is 5.91 Å². The van der Waals surface area contributed by atoms with Crippen molar-refractivity contribution >= 4 is 22.6 Å². The summed E-state index contributed by atoms with van der Waals surface area (Å²) in [6.07, 6.45) is 2.07. The molecule has 1 aliphatic rings. The summed E-state index contributed by atoms with van der Waals surface area (Å²) < 4.78 is 5.39. The van der Waals surface area contributed by atoms with Crippen LogP contribution in [0.1, 0.15) is 25.3 Å². The molecule has 2 amide bonds. The van der Waals surface area contributed by atoms with Gasteiger partial charge in [0.15, 0.2) is 0 Å². The Balaban J connectivity index is 1.89. The highest BCUT2D eigenvalue weighted by atomic mass is 16.5. The number of nitrogens with one attached hydrogen (secondary N) is 1. The Hall–Kier alpha value is -2.40. The van der Waals surface area contributed by atoms with E-state index in [0.717, 1.165) is 34.9 Å². The lowest BCUT2D eigenvalue weighted by Gasteiger charge is -2.30. The maximum absolute atomic E-state index is 12.4. The highest BCUT2D eigenvalue weighted by molar-refractivity contribution is 5.87. The number of nitrogens with zero attached hydrogens (tertiary/aromatic N) is 1. The van der Waals surface area contributed by atoms with Gasteiger partial charge < -0.3 is 4.74 Å². The summed E-state index contributed by atoms with van der Waals surface area (Å²) in [5, 5.41) is 2.27. The third-order valence-electron chi connectivity index (χ3n) is 4.72. The molecule has 0 bridgehead atoms. The monoisotopic (exact) mass is 327 g/mol. The second-order valence-corrected chi connectivity index (χ2v) is 6.33. The fourth-order valence-electron chi connectivity index (χ4n) is 3.52. The zero-order valence-corrected chi connectivity index (χ0v) is 14.2. The molecule has 1 saturated heterocycles. The number of ether oxygens (including phenoxy) is 1. The summed E-state index contributed by atoms with van der Waals surface area (Å²) >= 11 is 0. The van der Waals surface area contributed by atoms with Crippen molar-refractivity contribution in [2.24, 2.45) is 0 Å². The van der Waals surface area contributed by atoms with E-state index < -0.39 is 0 Å². The van der Waals surface area contributed by atoms with Crippen molar-refractivity contribution in [3.63, 3.8) is 0 Å². The van der Waals surface area contributed by atoms with Crippen LogP contribution in [0.15, 0.2) is 36.4 Å². The lowest BCUT2D eigenvalue weighted by Crippen LogP contribution is -2.61. The van der Waals surface area contributed by atoms with Crippen molar-refractivity contribution in [1.82, 2.24) is 5.43 Å². The van der Waals surface area contributed by atoms with E-state index in [1.54, 1.807) is 7.11 Å². The van der Waals surface area contributed by atoms with Gasteiger partial charge >= 0.3 is 5.91 Å². The Morgan fingerprint density at radius 1 is 1.29 bits per heavy atom. The molecular formula is C19H23N2O3+. The van der Waals surface area contributed by atoms with Crippen LogP contribution in [0.2, 0.25) is 0 Å². The minimum absolute atomic E-state index is 0.0652. The summed E-state index contributed by atoms with van der Waals surface area (Å²) in [7, 11) is 1.66. The molecule has 0 spiro atoms. The van der Waals surface area contributed by atoms with Crippen molar-refractivity contribution in [1.29, 1.82) is 0 Å². The average Bonchev–Trinajstić information content (AvgIpc) is 2.92. The molecule has 0 aliphatic carbocycles. The van der Waals surface area contributed by atoms with Crippen LogP contribution in [-0.2, 0) is 16.0 Å². The Bertz CT molecular complexity index is 787. The Morgan fingerprint density at radius 2 is 2.12 bits per heavy atom. The van der Waals surface area contributed by atoms with Crippen molar-refractivity contribution < 1.29 is 18.9 Å². The number of quaternary nitrogens is 1. The van der Waals surface area contributed by atoms with E-state index in [4.69, 9.17) is 4.74 Å². The van der Waals surface area contributed by atoms with Crippen LogP contribution in [0.5, 0.6) is 5.75 Å². The predicted molar refractivity (Wildman–Crippen MR) is 92.3 cm³/mol. The van der Waals surface area contributed by atoms with E-state index in [2.05, 4.69) is 17.6 Å². The molecule has 5 heteroatoms. The van der Waals surface area contributed by atoms with E-state index in [-0.39, 0.29) is 16.4 Å². The lowest BCUT2D eigenvalue weighted by molar-refractivity contribution is -0.881. The normalized spacial score (nSPS) is 20.3. The topological polar surface area (TPSA) is 55.4 Å². The molecule has 2 aromatic carbocycles. The van der Waals surface area contributed by atoms with Gasteiger partial charge in [-0.25, -0.2) is 4.79 Å². The Labute approximate surface area is 141 Å². The second kappa shape index (κ2) is 6.61. The number of methoxy groups -OCH3 is 1. The third kappa shape index (κ3) is 3.12. The van der Waals surface area contributed by atoms with Gasteiger partial charge in [-0.3, -0.25) is 4.79 Å². The highest BCUT2D eigenvalue weighted by Crippen LogP contribution is 2.26. The van der Waals surface area contributed by atoms with Crippen molar-refractivity contribution in [2.75, 3.05) is 20.2 Å². The zero-order valence-electron chi connectivity index (χ0n) is 14.2. The number of amides is 2. The minimum Gasteiger partial charge on any atom is -0.497 e. The van der Waals surface area contributed by atoms with Crippen molar-refractivity contribution in [2.45, 2.75) is 26.2 Å². The van der Waals surface area contributed by atoms with Crippen molar-refractivity contribution in [3.05, 3.63) is 42.0 Å². The molecule has 2 aromatic rings. The molecule has 1 aliphatic heterocycles. The summed E-state index contributed by atoms with van der Waals surface area (Å²) in [6.45, 7) is 2.72. The molecular weight excluding hydrogens is 304 g/mol. The van der Waals surface area contributed by atoms with Crippen LogP contribution in [0.25, 0.3) is 10.8 Å². The molecule has 126 valence electrons. The molecule has 5 nitrogen and oxygen atoms in total. The molecule has 24 heavy (non-hydrogen) atoms. The largest absolute Gasteiger partial charge is 0.497 e. The molecule has 1 N–H and O–H groups in total. The molecule has 1 heterocycles. The number of fused-ring (bicyclic) bond motifs is 1. The van der Waals surface area contributed by atoms with E-state index in [1.807, 2.05) is 24.3 Å². The van der Waals surface area contributed by atoms with Crippen molar-refractivity contribution in [3.8, 4) is 5.75 Å². The lowest BCUT2D eigenvalue weighted by atomic mass is 10.0. The van der Waals surface area contributed by atoms with Crippen LogP contribution < -0.4 is 10.2 Å². The summed E-state index contributed by atoms with van der Waals surface area (Å²) in [5.74, 6) is 0.755. The quantitative estimate of drug-likeness (QED) is 0.859. The first-order valence-electron chi connectivity index (χ1n) is 8.29. The molecule has 0 aromatic heterocycles. The van der Waals surface area contributed by atoms with E-state index in [0.29, 0.717) is 19.5 Å². The first kappa shape index (κ1) is 16.5. The van der Waals surface area contributed by atoms with Gasteiger partial charge in [-0.2, -0.15) is 10.0 Å². The maximum atomic E-state index is 12.4. The smallest absolute Gasteiger partial charge is 0.338 e. The minimum atomic E-state index is -0.162. The first-order valence-corrected chi connectivity index (χ1v) is 8.29. The SMILES string of the molecule is COc1ccc2cccc(CC[N+]3(NC(C)=O)CCCC3=O)c2c1. The van der Waals surface area contributed by atoms with Gasteiger partial charge in [0.2, 0.25) is 0 Å². The fraction of sp³-hybridized carbons (Fsp3) is 0.368. The van der Waals surface area contributed by atoms with Crippen LogP contribution >= 0.6 is 0 Å². The number of hydrogen-bond donors (Lipinski definition) is 1. The molecule has 0 radical (unpaired) electrons. The zero-order chi connectivity index (χ0) is 17.2.